The zero-order chi connectivity index (χ0) is 14.0. The van der Waals surface area contributed by atoms with Gasteiger partial charge in [0.1, 0.15) is 0 Å². The number of nitrogens with one attached hydrogen (secondary N) is 2. The maximum atomic E-state index is 11.6. The lowest BCUT2D eigenvalue weighted by molar-refractivity contribution is -0.121. The first-order valence-corrected chi connectivity index (χ1v) is 5.93. The Morgan fingerprint density at radius 1 is 1.33 bits per heavy atom. The Balaban J connectivity index is 3.93. The van der Waals surface area contributed by atoms with Crippen LogP contribution in [0.5, 0.6) is 0 Å². The predicted molar refractivity (Wildman–Crippen MR) is 70.3 cm³/mol. The molecule has 0 rings (SSSR count). The van der Waals surface area contributed by atoms with Crippen molar-refractivity contribution in [1.82, 2.24) is 15.5 Å². The molecule has 3 amide bonds. The molecule has 0 heterocycles. The molecule has 0 aromatic rings. The molecule has 2 N–H and O–H groups in total. The number of ether oxygens (including phenoxy) is 1. The molecule has 0 saturated heterocycles. The minimum atomic E-state index is -0.497. The van der Waals surface area contributed by atoms with Crippen LogP contribution in [0.1, 0.15) is 13.8 Å². The van der Waals surface area contributed by atoms with Gasteiger partial charge in [-0.15, -0.1) is 0 Å². The standard InChI is InChI=1S/C12H23N3O3/c1-5-15(8-10(2)3)9-11(16)14-12(17)13-6-7-18-4/h2,5-9H2,1,3-4H3,(H2,13,14,16,17). The number of likely N-dealkylation sites (N-methyl/N-ethyl adjacent to an activating group) is 1. The second-order valence-corrected chi connectivity index (χ2v) is 4.06. The summed E-state index contributed by atoms with van der Waals surface area (Å²) in [5.41, 5.74) is 0.981. The van der Waals surface area contributed by atoms with E-state index in [9.17, 15) is 9.59 Å². The topological polar surface area (TPSA) is 70.7 Å². The van der Waals surface area contributed by atoms with Gasteiger partial charge in [-0.25, -0.2) is 4.79 Å². The summed E-state index contributed by atoms with van der Waals surface area (Å²) in [6.45, 7) is 9.99. The lowest BCUT2D eigenvalue weighted by Gasteiger charge is -2.19. The molecule has 0 aliphatic rings. The summed E-state index contributed by atoms with van der Waals surface area (Å²) in [5, 5.41) is 4.78. The Hall–Kier alpha value is -1.40. The number of imide groups is 1. The summed E-state index contributed by atoms with van der Waals surface area (Å²) >= 11 is 0. The van der Waals surface area contributed by atoms with E-state index in [0.717, 1.165) is 12.1 Å². The fourth-order valence-corrected chi connectivity index (χ4v) is 1.34. The monoisotopic (exact) mass is 257 g/mol. The van der Waals surface area contributed by atoms with Crippen molar-refractivity contribution in [2.24, 2.45) is 0 Å². The molecule has 0 aromatic heterocycles. The minimum absolute atomic E-state index is 0.182. The van der Waals surface area contributed by atoms with E-state index in [1.807, 2.05) is 18.7 Å². The number of carbonyl (C=O) groups is 2. The number of methoxy groups -OCH3 is 1. The van der Waals surface area contributed by atoms with Crippen LogP contribution in [0.3, 0.4) is 0 Å². The third-order valence-corrected chi connectivity index (χ3v) is 2.15. The van der Waals surface area contributed by atoms with Crippen molar-refractivity contribution in [3.63, 3.8) is 0 Å². The van der Waals surface area contributed by atoms with Crippen LogP contribution in [0.2, 0.25) is 0 Å². The largest absolute Gasteiger partial charge is 0.383 e. The van der Waals surface area contributed by atoms with E-state index in [1.165, 1.54) is 0 Å². The van der Waals surface area contributed by atoms with Crippen LogP contribution in [0.15, 0.2) is 12.2 Å². The molecule has 0 atom stereocenters. The minimum Gasteiger partial charge on any atom is -0.383 e. The summed E-state index contributed by atoms with van der Waals surface area (Å²) in [5.74, 6) is -0.326. The Labute approximate surface area is 108 Å². The molecule has 0 saturated carbocycles. The van der Waals surface area contributed by atoms with Gasteiger partial charge in [0, 0.05) is 20.2 Å². The maximum absolute atomic E-state index is 11.6. The smallest absolute Gasteiger partial charge is 0.321 e. The normalized spacial score (nSPS) is 10.2. The first kappa shape index (κ1) is 16.6. The van der Waals surface area contributed by atoms with E-state index < -0.39 is 6.03 Å². The Kier molecular flexibility index (Phi) is 8.86. The van der Waals surface area contributed by atoms with Gasteiger partial charge >= 0.3 is 6.03 Å². The maximum Gasteiger partial charge on any atom is 0.321 e. The van der Waals surface area contributed by atoms with E-state index in [4.69, 9.17) is 4.74 Å². The van der Waals surface area contributed by atoms with Crippen molar-refractivity contribution >= 4 is 11.9 Å². The highest BCUT2D eigenvalue weighted by molar-refractivity contribution is 5.95. The van der Waals surface area contributed by atoms with E-state index in [1.54, 1.807) is 7.11 Å². The number of nitrogens with zero attached hydrogens (tertiary/aromatic N) is 1. The molecule has 0 bridgehead atoms. The van der Waals surface area contributed by atoms with Gasteiger partial charge in [0.2, 0.25) is 5.91 Å². The molecular weight excluding hydrogens is 234 g/mol. The molecule has 0 spiro atoms. The molecule has 0 radical (unpaired) electrons. The number of hydrogen-bond acceptors (Lipinski definition) is 4. The van der Waals surface area contributed by atoms with Gasteiger partial charge in [-0.05, 0) is 13.5 Å². The van der Waals surface area contributed by atoms with E-state index in [0.29, 0.717) is 19.7 Å². The molecule has 0 aliphatic heterocycles. The van der Waals surface area contributed by atoms with Crippen LogP contribution in [0.4, 0.5) is 4.79 Å². The Bertz CT molecular complexity index is 292. The van der Waals surface area contributed by atoms with Gasteiger partial charge in [0.15, 0.2) is 0 Å². The molecule has 18 heavy (non-hydrogen) atoms. The van der Waals surface area contributed by atoms with Crippen LogP contribution in [0.25, 0.3) is 0 Å². The van der Waals surface area contributed by atoms with Crippen LogP contribution >= 0.6 is 0 Å². The van der Waals surface area contributed by atoms with Gasteiger partial charge in [0.05, 0.1) is 13.2 Å². The van der Waals surface area contributed by atoms with Crippen molar-refractivity contribution in [3.8, 4) is 0 Å². The summed E-state index contributed by atoms with van der Waals surface area (Å²) in [6, 6.07) is -0.497. The van der Waals surface area contributed by atoms with Gasteiger partial charge in [-0.2, -0.15) is 0 Å². The highest BCUT2D eigenvalue weighted by Crippen LogP contribution is 1.94. The van der Waals surface area contributed by atoms with E-state index in [2.05, 4.69) is 17.2 Å². The van der Waals surface area contributed by atoms with Crippen molar-refractivity contribution < 1.29 is 14.3 Å². The van der Waals surface area contributed by atoms with E-state index in [-0.39, 0.29) is 12.5 Å². The van der Waals surface area contributed by atoms with Gasteiger partial charge in [-0.3, -0.25) is 15.0 Å². The molecular formula is C12H23N3O3. The van der Waals surface area contributed by atoms with Gasteiger partial charge < -0.3 is 10.1 Å². The van der Waals surface area contributed by atoms with Crippen molar-refractivity contribution in [2.45, 2.75) is 13.8 Å². The number of amides is 3. The highest BCUT2D eigenvalue weighted by atomic mass is 16.5. The van der Waals surface area contributed by atoms with Crippen LogP contribution in [-0.4, -0.2) is 56.7 Å². The number of carbonyl (C=O) groups excluding carboxylic acids is 2. The van der Waals surface area contributed by atoms with Gasteiger partial charge in [-0.1, -0.05) is 19.1 Å². The quantitative estimate of drug-likeness (QED) is 0.486. The lowest BCUT2D eigenvalue weighted by atomic mass is 10.3. The Morgan fingerprint density at radius 2 is 2.00 bits per heavy atom. The third-order valence-electron chi connectivity index (χ3n) is 2.15. The molecule has 0 aromatic carbocycles. The highest BCUT2D eigenvalue weighted by Gasteiger charge is 2.11. The lowest BCUT2D eigenvalue weighted by Crippen LogP contribution is -2.45. The summed E-state index contributed by atoms with van der Waals surface area (Å²) < 4.78 is 4.78. The molecule has 0 fully saturated rings. The molecule has 0 unspecified atom stereocenters. The first-order chi connectivity index (χ1) is 8.49. The second kappa shape index (κ2) is 9.61. The van der Waals surface area contributed by atoms with Crippen molar-refractivity contribution in [1.29, 1.82) is 0 Å². The number of hydrogen-bond donors (Lipinski definition) is 2. The van der Waals surface area contributed by atoms with Crippen molar-refractivity contribution in [2.75, 3.05) is 39.9 Å². The SMILES string of the molecule is C=C(C)CN(CC)CC(=O)NC(=O)NCCOC. The average molecular weight is 257 g/mol. The van der Waals surface area contributed by atoms with E-state index >= 15 is 0 Å². The molecule has 6 heteroatoms. The average Bonchev–Trinajstić information content (AvgIpc) is 2.27. The van der Waals surface area contributed by atoms with Crippen LogP contribution < -0.4 is 10.6 Å². The zero-order valence-electron chi connectivity index (χ0n) is 11.4. The van der Waals surface area contributed by atoms with Crippen LogP contribution in [0, 0.1) is 0 Å². The third kappa shape index (κ3) is 8.72. The summed E-state index contributed by atoms with van der Waals surface area (Å²) in [7, 11) is 1.54. The summed E-state index contributed by atoms with van der Waals surface area (Å²) in [6.07, 6.45) is 0. The predicted octanol–water partition coefficient (Wildman–Crippen LogP) is 0.357. The molecule has 0 aliphatic carbocycles. The molecule has 104 valence electrons. The Morgan fingerprint density at radius 3 is 2.50 bits per heavy atom. The summed E-state index contributed by atoms with van der Waals surface area (Å²) in [4.78, 5) is 24.8. The molecule has 6 nitrogen and oxygen atoms in total. The van der Waals surface area contributed by atoms with Gasteiger partial charge in [0.25, 0.3) is 0 Å². The fourth-order valence-electron chi connectivity index (χ4n) is 1.34. The zero-order valence-corrected chi connectivity index (χ0v) is 11.4. The van der Waals surface area contributed by atoms with Crippen molar-refractivity contribution in [3.05, 3.63) is 12.2 Å². The second-order valence-electron chi connectivity index (χ2n) is 4.06. The number of urea groups is 1. The first-order valence-electron chi connectivity index (χ1n) is 5.93. The fraction of sp³-hybridized carbons (Fsp3) is 0.667. The van der Waals surface area contributed by atoms with Crippen LogP contribution in [-0.2, 0) is 9.53 Å². The number of rotatable bonds is 8.